The largest absolute Gasteiger partial charge is 0.334 e. The molecule has 5 nitrogen and oxygen atoms in total. The fourth-order valence-electron chi connectivity index (χ4n) is 1.87. The molecule has 0 atom stereocenters. The van der Waals surface area contributed by atoms with E-state index in [9.17, 15) is 0 Å². The Labute approximate surface area is 128 Å². The van der Waals surface area contributed by atoms with Crippen LogP contribution in [0.4, 0.5) is 0 Å². The second-order valence-electron chi connectivity index (χ2n) is 3.96. The highest BCUT2D eigenvalue weighted by atomic mass is 35.5. The molecule has 1 aliphatic rings. The van der Waals surface area contributed by atoms with Crippen molar-refractivity contribution in [2.45, 2.75) is 0 Å². The molecule has 1 aromatic carbocycles. The lowest BCUT2D eigenvalue weighted by Crippen LogP contribution is -2.35. The van der Waals surface area contributed by atoms with Crippen LogP contribution in [-0.2, 0) is 0 Å². The maximum Gasteiger partial charge on any atom is 0.181 e. The van der Waals surface area contributed by atoms with E-state index in [-0.39, 0.29) is 20.1 Å². The molecule has 3 rings (SSSR count). The SMILES string of the molecule is NN1CCN=C1c1nc2c(Cl)c(Cl)c(Cl)c(Cl)c2[nH]1. The average Bonchev–Trinajstić information content (AvgIpc) is 2.99. The molecule has 0 radical (unpaired) electrons. The summed E-state index contributed by atoms with van der Waals surface area (Å²) in [5.74, 6) is 6.83. The van der Waals surface area contributed by atoms with Crippen molar-refractivity contribution in [3.63, 3.8) is 0 Å². The third kappa shape index (κ3) is 1.97. The number of halogens is 4. The molecule has 0 fully saturated rings. The van der Waals surface area contributed by atoms with Crippen molar-refractivity contribution in [2.24, 2.45) is 10.8 Å². The van der Waals surface area contributed by atoms with Crippen LogP contribution in [0.15, 0.2) is 4.99 Å². The highest BCUT2D eigenvalue weighted by molar-refractivity contribution is 6.55. The monoisotopic (exact) mass is 337 g/mol. The summed E-state index contributed by atoms with van der Waals surface area (Å²) in [7, 11) is 0. The highest BCUT2D eigenvalue weighted by Crippen LogP contribution is 2.41. The zero-order chi connectivity index (χ0) is 13.7. The number of aromatic amines is 1. The quantitative estimate of drug-likeness (QED) is 0.477. The predicted molar refractivity (Wildman–Crippen MR) is 78.4 cm³/mol. The first-order chi connectivity index (χ1) is 9.00. The summed E-state index contributed by atoms with van der Waals surface area (Å²) in [6.45, 7) is 1.25. The van der Waals surface area contributed by atoms with Gasteiger partial charge in [0.05, 0.1) is 38.7 Å². The molecular weight excluding hydrogens is 332 g/mol. The molecule has 100 valence electrons. The lowest BCUT2D eigenvalue weighted by molar-refractivity contribution is 0.482. The molecule has 1 aliphatic heterocycles. The Kier molecular flexibility index (Phi) is 3.27. The van der Waals surface area contributed by atoms with E-state index >= 15 is 0 Å². The summed E-state index contributed by atoms with van der Waals surface area (Å²) < 4.78 is 0. The Bertz CT molecular complexity index is 663. The zero-order valence-electron chi connectivity index (χ0n) is 9.35. The number of nitrogens with zero attached hydrogens (tertiary/aromatic N) is 3. The fourth-order valence-corrected chi connectivity index (χ4v) is 2.81. The molecule has 0 saturated carbocycles. The number of hydrazine groups is 1. The van der Waals surface area contributed by atoms with E-state index < -0.39 is 0 Å². The van der Waals surface area contributed by atoms with Crippen LogP contribution in [-0.4, -0.2) is 33.9 Å². The Morgan fingerprint density at radius 3 is 2.37 bits per heavy atom. The van der Waals surface area contributed by atoms with Crippen molar-refractivity contribution in [3.8, 4) is 0 Å². The number of H-pyrrole nitrogens is 1. The number of imidazole rings is 1. The van der Waals surface area contributed by atoms with E-state index in [1.165, 1.54) is 5.01 Å². The molecule has 9 heteroatoms. The van der Waals surface area contributed by atoms with E-state index in [2.05, 4.69) is 15.0 Å². The van der Waals surface area contributed by atoms with Gasteiger partial charge >= 0.3 is 0 Å². The first kappa shape index (κ1) is 13.3. The minimum atomic E-state index is 0.178. The Hall–Kier alpha value is -0.720. The summed E-state index contributed by atoms with van der Waals surface area (Å²) >= 11 is 24.2. The average molecular weight is 339 g/mol. The van der Waals surface area contributed by atoms with Gasteiger partial charge in [0.15, 0.2) is 11.7 Å². The molecule has 0 aliphatic carbocycles. The number of hydrogen-bond acceptors (Lipinski definition) is 4. The topological polar surface area (TPSA) is 70.3 Å². The summed E-state index contributed by atoms with van der Waals surface area (Å²) in [5.41, 5.74) is 0.957. The summed E-state index contributed by atoms with van der Waals surface area (Å²) in [6, 6.07) is 0. The molecule has 0 saturated heterocycles. The molecule has 2 aromatic rings. The third-order valence-corrected chi connectivity index (χ3v) is 4.59. The number of fused-ring (bicyclic) bond motifs is 1. The molecule has 0 unspecified atom stereocenters. The third-order valence-electron chi connectivity index (χ3n) is 2.80. The molecule has 1 aromatic heterocycles. The van der Waals surface area contributed by atoms with Crippen LogP contribution in [0.2, 0.25) is 20.1 Å². The summed E-state index contributed by atoms with van der Waals surface area (Å²) in [4.78, 5) is 11.6. The predicted octanol–water partition coefficient (Wildman–Crippen LogP) is 3.11. The zero-order valence-corrected chi connectivity index (χ0v) is 12.4. The first-order valence-corrected chi connectivity index (χ1v) is 6.80. The number of nitrogens with one attached hydrogen (secondary N) is 1. The van der Waals surface area contributed by atoms with E-state index in [4.69, 9.17) is 52.2 Å². The van der Waals surface area contributed by atoms with Gasteiger partial charge in [-0.1, -0.05) is 46.4 Å². The van der Waals surface area contributed by atoms with Gasteiger partial charge in [-0.2, -0.15) is 0 Å². The van der Waals surface area contributed by atoms with Crippen molar-refractivity contribution in [1.82, 2.24) is 15.0 Å². The Morgan fingerprint density at radius 1 is 1.05 bits per heavy atom. The van der Waals surface area contributed by atoms with Gasteiger partial charge in [0.2, 0.25) is 0 Å². The molecule has 3 N–H and O–H groups in total. The fraction of sp³-hybridized carbons (Fsp3) is 0.200. The van der Waals surface area contributed by atoms with E-state index in [0.717, 1.165) is 0 Å². The minimum Gasteiger partial charge on any atom is -0.334 e. The maximum absolute atomic E-state index is 6.13. The van der Waals surface area contributed by atoms with Crippen molar-refractivity contribution in [1.29, 1.82) is 0 Å². The number of aromatic nitrogens is 2. The van der Waals surface area contributed by atoms with E-state index in [1.54, 1.807) is 0 Å². The van der Waals surface area contributed by atoms with Crippen LogP contribution in [0.1, 0.15) is 5.82 Å². The lowest BCUT2D eigenvalue weighted by atomic mass is 10.3. The van der Waals surface area contributed by atoms with Gasteiger partial charge in [-0.15, -0.1) is 0 Å². The smallest absolute Gasteiger partial charge is 0.181 e. The van der Waals surface area contributed by atoms with Crippen molar-refractivity contribution >= 4 is 63.3 Å². The number of rotatable bonds is 1. The minimum absolute atomic E-state index is 0.178. The van der Waals surface area contributed by atoms with Crippen LogP contribution < -0.4 is 5.84 Å². The van der Waals surface area contributed by atoms with Gasteiger partial charge in [-0.05, 0) is 0 Å². The van der Waals surface area contributed by atoms with Gasteiger partial charge in [0.25, 0.3) is 0 Å². The number of aliphatic imine (C=N–C) groups is 1. The Balaban J connectivity index is 2.27. The van der Waals surface area contributed by atoms with Crippen molar-refractivity contribution < 1.29 is 0 Å². The number of amidine groups is 1. The number of benzene rings is 1. The molecule has 19 heavy (non-hydrogen) atoms. The second kappa shape index (κ2) is 4.68. The van der Waals surface area contributed by atoms with Crippen molar-refractivity contribution in [3.05, 3.63) is 25.9 Å². The van der Waals surface area contributed by atoms with Gasteiger partial charge in [-0.3, -0.25) is 10.0 Å². The van der Waals surface area contributed by atoms with E-state index in [0.29, 0.717) is 35.8 Å². The second-order valence-corrected chi connectivity index (χ2v) is 5.48. The van der Waals surface area contributed by atoms with Gasteiger partial charge < -0.3 is 4.98 Å². The van der Waals surface area contributed by atoms with Crippen LogP contribution in [0.25, 0.3) is 11.0 Å². The molecular formula is C10H7Cl4N5. The molecule has 0 bridgehead atoms. The molecule has 0 amide bonds. The van der Waals surface area contributed by atoms with Gasteiger partial charge in [0, 0.05) is 0 Å². The Morgan fingerprint density at radius 2 is 1.74 bits per heavy atom. The standard InChI is InChI=1S/C10H7Cl4N5/c11-3-4(12)6(14)8-7(5(3)13)17-9(18-8)10-16-1-2-19(10)15/h1-2,15H2,(H,17,18). The van der Waals surface area contributed by atoms with Crippen LogP contribution >= 0.6 is 46.4 Å². The maximum atomic E-state index is 6.13. The van der Waals surface area contributed by atoms with Crippen LogP contribution in [0.5, 0.6) is 0 Å². The first-order valence-electron chi connectivity index (χ1n) is 5.29. The van der Waals surface area contributed by atoms with Gasteiger partial charge in [0.1, 0.15) is 5.52 Å². The van der Waals surface area contributed by atoms with Gasteiger partial charge in [-0.25, -0.2) is 10.8 Å². The summed E-state index contributed by atoms with van der Waals surface area (Å²) in [5, 5.41) is 2.39. The normalized spacial score (nSPS) is 15.4. The highest BCUT2D eigenvalue weighted by Gasteiger charge is 2.23. The van der Waals surface area contributed by atoms with E-state index in [1.807, 2.05) is 0 Å². The molecule has 0 spiro atoms. The van der Waals surface area contributed by atoms with Crippen LogP contribution in [0.3, 0.4) is 0 Å². The number of nitrogens with two attached hydrogens (primary N) is 1. The number of hydrogen-bond donors (Lipinski definition) is 2. The summed E-state index contributed by atoms with van der Waals surface area (Å²) in [6.07, 6.45) is 0. The van der Waals surface area contributed by atoms with Crippen LogP contribution in [0, 0.1) is 0 Å². The molecule has 2 heterocycles. The lowest BCUT2D eigenvalue weighted by Gasteiger charge is -2.09. The van der Waals surface area contributed by atoms with Crippen molar-refractivity contribution in [2.75, 3.05) is 13.1 Å².